The summed E-state index contributed by atoms with van der Waals surface area (Å²) in [5.41, 5.74) is 1.25. The average Bonchev–Trinajstić information content (AvgIpc) is 3.28. The van der Waals surface area contributed by atoms with E-state index in [0.717, 1.165) is 46.8 Å². The standard InChI is InChI=1S/C9H18.C9H20.C8H18/c1-7(2)9(5-6-9)8(3)4;1-7(2)9(5,6)8(3)4;1-6(2)8(5)7(3)4/h7-8H,5-6H2,1-4H3;7-8H,1-6H3;6-8H,1-5H3. The van der Waals surface area contributed by atoms with E-state index in [1.165, 1.54) is 12.8 Å². The first-order valence-electron chi connectivity index (χ1n) is 11.5. The number of hydrogen-bond donors (Lipinski definition) is 0. The molecule has 1 rings (SSSR count). The van der Waals surface area contributed by atoms with Crippen molar-refractivity contribution in [2.75, 3.05) is 0 Å². The molecule has 0 saturated heterocycles. The molecule has 0 aromatic rings. The van der Waals surface area contributed by atoms with E-state index in [0.29, 0.717) is 5.41 Å². The summed E-state index contributed by atoms with van der Waals surface area (Å²) in [5, 5.41) is 0. The Bertz CT molecular complexity index is 295. The lowest BCUT2D eigenvalue weighted by molar-refractivity contribution is 0.165. The van der Waals surface area contributed by atoms with E-state index >= 15 is 0 Å². The van der Waals surface area contributed by atoms with Gasteiger partial charge in [0.1, 0.15) is 0 Å². The maximum Gasteiger partial charge on any atom is -0.0251 e. The molecule has 0 heteroatoms. The van der Waals surface area contributed by atoms with E-state index in [9.17, 15) is 0 Å². The zero-order chi connectivity index (χ0) is 21.5. The van der Waals surface area contributed by atoms with Gasteiger partial charge in [0, 0.05) is 0 Å². The molecule has 1 fully saturated rings. The van der Waals surface area contributed by atoms with Gasteiger partial charge in [-0.15, -0.1) is 0 Å². The lowest BCUT2D eigenvalue weighted by Gasteiger charge is -2.33. The maximum atomic E-state index is 2.35. The normalized spacial score (nSPS) is 16.4. The molecule has 26 heavy (non-hydrogen) atoms. The molecular weight excluding hydrogens is 312 g/mol. The lowest BCUT2D eigenvalue weighted by Crippen LogP contribution is -2.25. The van der Waals surface area contributed by atoms with Gasteiger partial charge in [0.05, 0.1) is 0 Å². The summed E-state index contributed by atoms with van der Waals surface area (Å²) < 4.78 is 0. The van der Waals surface area contributed by atoms with Gasteiger partial charge in [-0.05, 0) is 65.1 Å². The largest absolute Gasteiger partial charge is 0.0625 e. The molecule has 0 radical (unpaired) electrons. The van der Waals surface area contributed by atoms with Crippen LogP contribution in [0.5, 0.6) is 0 Å². The Balaban J connectivity index is 0. The Morgan fingerprint density at radius 3 is 0.808 bits per heavy atom. The maximum absolute atomic E-state index is 2.35. The van der Waals surface area contributed by atoms with E-state index in [1.807, 2.05) is 0 Å². The molecule has 0 nitrogen and oxygen atoms in total. The monoisotopic (exact) mass is 368 g/mol. The van der Waals surface area contributed by atoms with Gasteiger partial charge in [-0.1, -0.05) is 104 Å². The van der Waals surface area contributed by atoms with Crippen molar-refractivity contribution >= 4 is 0 Å². The quantitative estimate of drug-likeness (QED) is 0.438. The second kappa shape index (κ2) is 11.8. The molecule has 0 amide bonds. The molecule has 1 aliphatic rings. The van der Waals surface area contributed by atoms with Crippen LogP contribution in [0.4, 0.5) is 0 Å². The average molecular weight is 369 g/mol. The summed E-state index contributed by atoms with van der Waals surface area (Å²) in [6.07, 6.45) is 2.95. The molecule has 1 aliphatic carbocycles. The van der Waals surface area contributed by atoms with Crippen LogP contribution in [0.15, 0.2) is 0 Å². The van der Waals surface area contributed by atoms with Crippen LogP contribution in [0.25, 0.3) is 0 Å². The Kier molecular flexibility index (Phi) is 12.8. The van der Waals surface area contributed by atoms with Crippen molar-refractivity contribution in [3.8, 4) is 0 Å². The van der Waals surface area contributed by atoms with E-state index < -0.39 is 0 Å². The summed E-state index contributed by atoms with van der Waals surface area (Å²) in [4.78, 5) is 0. The molecule has 160 valence electrons. The van der Waals surface area contributed by atoms with Crippen LogP contribution in [-0.4, -0.2) is 0 Å². The summed E-state index contributed by atoms with van der Waals surface area (Å²) in [6, 6.07) is 0. The lowest BCUT2D eigenvalue weighted by atomic mass is 9.72. The first kappa shape index (κ1) is 28.2. The first-order valence-corrected chi connectivity index (χ1v) is 11.5. The van der Waals surface area contributed by atoms with Crippen molar-refractivity contribution < 1.29 is 0 Å². The molecule has 0 aliphatic heterocycles. The first-order chi connectivity index (χ1) is 11.5. The topological polar surface area (TPSA) is 0 Å². The zero-order valence-electron chi connectivity index (χ0n) is 21.5. The van der Waals surface area contributed by atoms with Gasteiger partial charge >= 0.3 is 0 Å². The third-order valence-electron chi connectivity index (χ3n) is 8.21. The highest BCUT2D eigenvalue weighted by Gasteiger charge is 2.47. The minimum absolute atomic E-state index is 0.500. The van der Waals surface area contributed by atoms with Crippen molar-refractivity contribution in [2.45, 2.75) is 117 Å². The van der Waals surface area contributed by atoms with Gasteiger partial charge in [-0.2, -0.15) is 0 Å². The van der Waals surface area contributed by atoms with E-state index in [2.05, 4.69) is 104 Å². The highest BCUT2D eigenvalue weighted by molar-refractivity contribution is 4.97. The Morgan fingerprint density at radius 2 is 0.808 bits per heavy atom. The van der Waals surface area contributed by atoms with Crippen LogP contribution in [0.3, 0.4) is 0 Å². The van der Waals surface area contributed by atoms with Crippen LogP contribution < -0.4 is 0 Å². The van der Waals surface area contributed by atoms with Crippen LogP contribution >= 0.6 is 0 Å². The van der Waals surface area contributed by atoms with Gasteiger partial charge in [0.2, 0.25) is 0 Å². The summed E-state index contributed by atoms with van der Waals surface area (Å²) >= 11 is 0. The highest BCUT2D eigenvalue weighted by atomic mass is 14.5. The van der Waals surface area contributed by atoms with Crippen LogP contribution in [0.2, 0.25) is 0 Å². The minimum Gasteiger partial charge on any atom is -0.0625 e. The molecule has 0 aromatic carbocycles. The molecule has 0 atom stereocenters. The van der Waals surface area contributed by atoms with Crippen LogP contribution in [0, 0.1) is 52.3 Å². The molecule has 0 N–H and O–H groups in total. The molecule has 0 unspecified atom stereocenters. The SMILES string of the molecule is CC(C)C(C)(C)C(C)C.CC(C)C(C)C(C)C.CC(C)C1(C(C)C)CC1. The Hall–Kier alpha value is 0. The molecule has 0 aromatic heterocycles. The molecule has 1 saturated carbocycles. The second-order valence-corrected chi connectivity index (χ2v) is 11.5. The van der Waals surface area contributed by atoms with E-state index in [-0.39, 0.29) is 0 Å². The third-order valence-corrected chi connectivity index (χ3v) is 8.21. The zero-order valence-corrected chi connectivity index (χ0v) is 21.5. The van der Waals surface area contributed by atoms with Crippen LogP contribution in [-0.2, 0) is 0 Å². The van der Waals surface area contributed by atoms with Gasteiger partial charge in [-0.25, -0.2) is 0 Å². The summed E-state index contributed by atoms with van der Waals surface area (Å²) in [7, 11) is 0. The summed E-state index contributed by atoms with van der Waals surface area (Å²) in [5.74, 6) is 5.94. The van der Waals surface area contributed by atoms with Crippen molar-refractivity contribution in [1.82, 2.24) is 0 Å². The van der Waals surface area contributed by atoms with Gasteiger partial charge in [-0.3, -0.25) is 0 Å². The highest BCUT2D eigenvalue weighted by Crippen LogP contribution is 2.57. The van der Waals surface area contributed by atoms with Gasteiger partial charge in [0.25, 0.3) is 0 Å². The molecule has 0 heterocycles. The second-order valence-electron chi connectivity index (χ2n) is 11.5. The summed E-state index contributed by atoms with van der Waals surface area (Å²) in [6.45, 7) is 34.7. The van der Waals surface area contributed by atoms with Crippen LogP contribution in [0.1, 0.15) is 117 Å². The fourth-order valence-electron chi connectivity index (χ4n) is 3.40. The van der Waals surface area contributed by atoms with Gasteiger partial charge < -0.3 is 0 Å². The third kappa shape index (κ3) is 9.27. The minimum atomic E-state index is 0.500. The van der Waals surface area contributed by atoms with Gasteiger partial charge in [0.15, 0.2) is 0 Å². The van der Waals surface area contributed by atoms with Crippen molar-refractivity contribution in [1.29, 1.82) is 0 Å². The smallest absolute Gasteiger partial charge is 0.0251 e. The fraction of sp³-hybridized carbons (Fsp3) is 1.00. The van der Waals surface area contributed by atoms with Crippen molar-refractivity contribution in [2.24, 2.45) is 52.3 Å². The van der Waals surface area contributed by atoms with Crippen molar-refractivity contribution in [3.63, 3.8) is 0 Å². The molecule has 0 bridgehead atoms. The number of hydrogen-bond acceptors (Lipinski definition) is 0. The Morgan fingerprint density at radius 1 is 0.538 bits per heavy atom. The fourth-order valence-corrected chi connectivity index (χ4v) is 3.40. The number of rotatable bonds is 6. The predicted octanol–water partition coefficient (Wildman–Crippen LogP) is 9.34. The molecular formula is C26H56. The van der Waals surface area contributed by atoms with Crippen molar-refractivity contribution in [3.05, 3.63) is 0 Å². The Labute approximate surface area is 169 Å². The predicted molar refractivity (Wildman–Crippen MR) is 124 cm³/mol. The van der Waals surface area contributed by atoms with E-state index in [4.69, 9.17) is 0 Å². The molecule has 0 spiro atoms. The van der Waals surface area contributed by atoms with E-state index in [1.54, 1.807) is 0 Å².